The minimum atomic E-state index is -0.391. The van der Waals surface area contributed by atoms with Gasteiger partial charge in [-0.05, 0) is 37.6 Å². The minimum absolute atomic E-state index is 0.327. The van der Waals surface area contributed by atoms with Gasteiger partial charge in [-0.3, -0.25) is 9.48 Å². The first-order valence-electron chi connectivity index (χ1n) is 6.82. The van der Waals surface area contributed by atoms with Crippen LogP contribution in [0.1, 0.15) is 21.6 Å². The Morgan fingerprint density at radius 3 is 2.82 bits per heavy atom. The van der Waals surface area contributed by atoms with E-state index in [9.17, 15) is 9.18 Å². The van der Waals surface area contributed by atoms with Crippen molar-refractivity contribution in [1.82, 2.24) is 14.8 Å². The number of hydrogen-bond donors (Lipinski definition) is 1. The van der Waals surface area contributed by atoms with Crippen LogP contribution in [-0.4, -0.2) is 20.7 Å². The predicted octanol–water partition coefficient (Wildman–Crippen LogP) is 2.98. The number of fused-ring (bicyclic) bond motifs is 1. The van der Waals surface area contributed by atoms with Crippen molar-refractivity contribution in [2.45, 2.75) is 13.8 Å². The molecule has 1 N–H and O–H groups in total. The lowest BCUT2D eigenvalue weighted by atomic mass is 10.1. The van der Waals surface area contributed by atoms with Crippen molar-refractivity contribution in [2.24, 2.45) is 7.05 Å². The van der Waals surface area contributed by atoms with Gasteiger partial charge in [0, 0.05) is 24.3 Å². The van der Waals surface area contributed by atoms with Gasteiger partial charge < -0.3 is 5.32 Å². The zero-order valence-corrected chi connectivity index (χ0v) is 12.5. The number of nitrogens with zero attached hydrogens (tertiary/aromatic N) is 3. The summed E-state index contributed by atoms with van der Waals surface area (Å²) in [7, 11) is 1.80. The molecule has 0 unspecified atom stereocenters. The molecule has 0 saturated heterocycles. The molecule has 0 aliphatic rings. The number of rotatable bonds is 2. The van der Waals surface area contributed by atoms with E-state index >= 15 is 0 Å². The zero-order valence-electron chi connectivity index (χ0n) is 12.5. The van der Waals surface area contributed by atoms with Crippen molar-refractivity contribution in [2.75, 3.05) is 5.32 Å². The minimum Gasteiger partial charge on any atom is -0.322 e. The van der Waals surface area contributed by atoms with E-state index in [2.05, 4.69) is 15.4 Å². The Bertz CT molecular complexity index is 885. The van der Waals surface area contributed by atoms with Crippen molar-refractivity contribution in [3.63, 3.8) is 0 Å². The Hall–Kier alpha value is -2.76. The van der Waals surface area contributed by atoms with Crippen LogP contribution >= 0.6 is 0 Å². The summed E-state index contributed by atoms with van der Waals surface area (Å²) in [5.41, 5.74) is 3.18. The van der Waals surface area contributed by atoms with Gasteiger partial charge in [0.25, 0.3) is 5.91 Å². The molecular weight excluding hydrogens is 283 g/mol. The molecule has 0 atom stereocenters. The molecule has 0 fully saturated rings. The lowest BCUT2D eigenvalue weighted by Crippen LogP contribution is -2.13. The maximum Gasteiger partial charge on any atom is 0.257 e. The van der Waals surface area contributed by atoms with E-state index in [4.69, 9.17) is 0 Å². The third kappa shape index (κ3) is 2.43. The van der Waals surface area contributed by atoms with Crippen molar-refractivity contribution >= 4 is 22.6 Å². The van der Waals surface area contributed by atoms with Gasteiger partial charge in [-0.2, -0.15) is 5.10 Å². The van der Waals surface area contributed by atoms with Crippen LogP contribution in [0.25, 0.3) is 11.0 Å². The smallest absolute Gasteiger partial charge is 0.257 e. The van der Waals surface area contributed by atoms with Crippen LogP contribution in [0.2, 0.25) is 0 Å². The van der Waals surface area contributed by atoms with E-state index in [1.807, 2.05) is 13.8 Å². The summed E-state index contributed by atoms with van der Waals surface area (Å²) in [6.45, 7) is 3.67. The van der Waals surface area contributed by atoms with Gasteiger partial charge >= 0.3 is 0 Å². The maximum atomic E-state index is 13.3. The molecule has 0 saturated carbocycles. The second-order valence-electron chi connectivity index (χ2n) is 5.22. The summed E-state index contributed by atoms with van der Waals surface area (Å²) in [5.74, 6) is -0.719. The van der Waals surface area contributed by atoms with Crippen LogP contribution in [0, 0.1) is 19.7 Å². The zero-order chi connectivity index (χ0) is 15.9. The van der Waals surface area contributed by atoms with Gasteiger partial charge in [0.1, 0.15) is 5.82 Å². The number of carbonyl (C=O) groups is 1. The Kier molecular flexibility index (Phi) is 3.36. The summed E-state index contributed by atoms with van der Waals surface area (Å²) >= 11 is 0. The second kappa shape index (κ2) is 5.22. The number of nitrogens with one attached hydrogen (secondary N) is 1. The normalized spacial score (nSPS) is 10.9. The van der Waals surface area contributed by atoms with Crippen LogP contribution < -0.4 is 5.32 Å². The molecule has 22 heavy (non-hydrogen) atoms. The lowest BCUT2D eigenvalue weighted by Gasteiger charge is -2.08. The number of anilines is 1. The Labute approximate surface area is 126 Å². The molecule has 0 spiro atoms. The number of aryl methyl sites for hydroxylation is 3. The SMILES string of the molecule is Cc1ccc(F)cc1NC(=O)c1cnc2c(c1)c(C)nn2C. The highest BCUT2D eigenvalue weighted by atomic mass is 19.1. The number of halogens is 1. The van der Waals surface area contributed by atoms with E-state index < -0.39 is 5.82 Å². The number of hydrogen-bond acceptors (Lipinski definition) is 3. The van der Waals surface area contributed by atoms with Crippen LogP contribution in [-0.2, 0) is 7.05 Å². The fourth-order valence-electron chi connectivity index (χ4n) is 2.36. The van der Waals surface area contributed by atoms with E-state index in [-0.39, 0.29) is 5.91 Å². The summed E-state index contributed by atoms with van der Waals surface area (Å²) in [6, 6.07) is 6.03. The molecule has 3 aromatic rings. The van der Waals surface area contributed by atoms with Crippen LogP contribution in [0.4, 0.5) is 10.1 Å². The predicted molar refractivity (Wildman–Crippen MR) is 82.3 cm³/mol. The topological polar surface area (TPSA) is 59.8 Å². The van der Waals surface area contributed by atoms with Crippen molar-refractivity contribution in [1.29, 1.82) is 0 Å². The average Bonchev–Trinajstić information content (AvgIpc) is 2.77. The number of amides is 1. The Balaban J connectivity index is 1.95. The highest BCUT2D eigenvalue weighted by Crippen LogP contribution is 2.19. The highest BCUT2D eigenvalue weighted by molar-refractivity contribution is 6.06. The summed E-state index contributed by atoms with van der Waals surface area (Å²) in [5, 5.41) is 7.81. The summed E-state index contributed by atoms with van der Waals surface area (Å²) in [4.78, 5) is 16.6. The fraction of sp³-hybridized carbons (Fsp3) is 0.188. The number of carbonyl (C=O) groups excluding carboxylic acids is 1. The van der Waals surface area contributed by atoms with Crippen LogP contribution in [0.3, 0.4) is 0 Å². The van der Waals surface area contributed by atoms with E-state index in [0.29, 0.717) is 11.3 Å². The van der Waals surface area contributed by atoms with Gasteiger partial charge in [-0.25, -0.2) is 9.37 Å². The standard InChI is InChI=1S/C16H15FN4O/c1-9-4-5-12(17)7-14(9)19-16(22)11-6-13-10(2)20-21(3)15(13)18-8-11/h4-8H,1-3H3,(H,19,22). The van der Waals surface area contributed by atoms with Crippen molar-refractivity contribution < 1.29 is 9.18 Å². The van der Waals surface area contributed by atoms with Crippen molar-refractivity contribution in [3.8, 4) is 0 Å². The van der Waals surface area contributed by atoms with Crippen LogP contribution in [0.15, 0.2) is 30.5 Å². The first-order chi connectivity index (χ1) is 10.5. The molecule has 0 radical (unpaired) electrons. The molecular formula is C16H15FN4O. The van der Waals surface area contributed by atoms with Crippen LogP contribution in [0.5, 0.6) is 0 Å². The number of pyridine rings is 1. The lowest BCUT2D eigenvalue weighted by molar-refractivity contribution is 0.102. The maximum absolute atomic E-state index is 13.3. The molecule has 112 valence electrons. The second-order valence-corrected chi connectivity index (χ2v) is 5.22. The van der Waals surface area contributed by atoms with E-state index in [1.165, 1.54) is 18.3 Å². The first-order valence-corrected chi connectivity index (χ1v) is 6.82. The van der Waals surface area contributed by atoms with Gasteiger partial charge in [-0.1, -0.05) is 6.07 Å². The molecule has 2 heterocycles. The van der Waals surface area contributed by atoms with E-state index in [1.54, 1.807) is 23.9 Å². The summed E-state index contributed by atoms with van der Waals surface area (Å²) in [6.07, 6.45) is 1.49. The third-order valence-electron chi connectivity index (χ3n) is 3.57. The monoisotopic (exact) mass is 298 g/mol. The van der Waals surface area contributed by atoms with Gasteiger partial charge in [0.05, 0.1) is 11.3 Å². The molecule has 6 heteroatoms. The van der Waals surface area contributed by atoms with Crippen molar-refractivity contribution in [3.05, 3.63) is 53.1 Å². The Morgan fingerprint density at radius 1 is 1.27 bits per heavy atom. The molecule has 5 nitrogen and oxygen atoms in total. The molecule has 1 aromatic carbocycles. The summed E-state index contributed by atoms with van der Waals surface area (Å²) < 4.78 is 15.0. The molecule has 0 bridgehead atoms. The van der Waals surface area contributed by atoms with E-state index in [0.717, 1.165) is 22.3 Å². The number of aromatic nitrogens is 3. The van der Waals surface area contributed by atoms with Gasteiger partial charge in [0.15, 0.2) is 5.65 Å². The third-order valence-corrected chi connectivity index (χ3v) is 3.57. The molecule has 0 aliphatic heterocycles. The Morgan fingerprint density at radius 2 is 2.05 bits per heavy atom. The number of benzene rings is 1. The average molecular weight is 298 g/mol. The fourth-order valence-corrected chi connectivity index (χ4v) is 2.36. The largest absolute Gasteiger partial charge is 0.322 e. The highest BCUT2D eigenvalue weighted by Gasteiger charge is 2.13. The molecule has 1 amide bonds. The molecule has 0 aliphatic carbocycles. The van der Waals surface area contributed by atoms with Gasteiger partial charge in [0.2, 0.25) is 0 Å². The first kappa shape index (κ1) is 14.2. The van der Waals surface area contributed by atoms with Gasteiger partial charge in [-0.15, -0.1) is 0 Å². The molecule has 2 aromatic heterocycles. The quantitative estimate of drug-likeness (QED) is 0.791. The molecule has 3 rings (SSSR count).